The van der Waals surface area contributed by atoms with Gasteiger partial charge in [0.15, 0.2) is 0 Å². The van der Waals surface area contributed by atoms with Crippen LogP contribution in [0.2, 0.25) is 0 Å². The van der Waals surface area contributed by atoms with Gasteiger partial charge in [0.05, 0.1) is 31.2 Å². The largest absolute Gasteiger partial charge is 0.409 e. The Morgan fingerprint density at radius 2 is 2.18 bits per heavy atom. The lowest BCUT2D eigenvalue weighted by atomic mass is 10.0. The molecular formula is C20H19F3N2O3. The molecule has 2 aromatic rings. The zero-order valence-electron chi connectivity index (χ0n) is 15.1. The molecule has 1 aromatic carbocycles. The molecule has 0 aliphatic carbocycles. The van der Waals surface area contributed by atoms with E-state index in [0.717, 1.165) is 17.3 Å². The van der Waals surface area contributed by atoms with Crippen molar-refractivity contribution in [1.29, 1.82) is 0 Å². The minimum absolute atomic E-state index is 0.0764. The summed E-state index contributed by atoms with van der Waals surface area (Å²) in [5, 5.41) is 11.9. The van der Waals surface area contributed by atoms with Gasteiger partial charge in [-0.1, -0.05) is 18.2 Å². The first kappa shape index (κ1) is 20.0. The molecule has 0 radical (unpaired) electrons. The van der Waals surface area contributed by atoms with E-state index in [0.29, 0.717) is 35.4 Å². The number of carbonyl (C=O) groups excluding carboxylic acids is 1. The van der Waals surface area contributed by atoms with Crippen molar-refractivity contribution in [3.63, 3.8) is 0 Å². The molecule has 1 amide bonds. The average Bonchev–Trinajstić information content (AvgIpc) is 2.65. The number of nitrogens with one attached hydrogen (secondary N) is 1. The Balaban J connectivity index is 1.72. The van der Waals surface area contributed by atoms with Crippen molar-refractivity contribution < 1.29 is 27.8 Å². The van der Waals surface area contributed by atoms with E-state index >= 15 is 0 Å². The summed E-state index contributed by atoms with van der Waals surface area (Å²) < 4.78 is 42.3. The molecule has 0 bridgehead atoms. The van der Waals surface area contributed by atoms with Gasteiger partial charge in [-0.05, 0) is 30.2 Å². The number of carbonyl (C=O) groups is 1. The van der Waals surface area contributed by atoms with Crippen molar-refractivity contribution in [1.82, 2.24) is 4.98 Å². The molecule has 0 fully saturated rings. The molecule has 5 nitrogen and oxygen atoms in total. The number of benzene rings is 1. The number of allylic oxidation sites excluding steroid dienone is 1. The number of aliphatic hydroxyl groups excluding tert-OH is 1. The van der Waals surface area contributed by atoms with Crippen LogP contribution in [0.3, 0.4) is 0 Å². The smallest absolute Gasteiger partial charge is 0.394 e. The van der Waals surface area contributed by atoms with Crippen molar-refractivity contribution in [3.8, 4) is 0 Å². The van der Waals surface area contributed by atoms with Crippen molar-refractivity contribution >= 4 is 17.7 Å². The predicted octanol–water partition coefficient (Wildman–Crippen LogP) is 3.65. The van der Waals surface area contributed by atoms with Crippen molar-refractivity contribution in [2.45, 2.75) is 32.2 Å². The quantitative estimate of drug-likeness (QED) is 0.833. The minimum atomic E-state index is -4.38. The molecule has 148 valence electrons. The van der Waals surface area contributed by atoms with E-state index in [4.69, 9.17) is 9.84 Å². The monoisotopic (exact) mass is 392 g/mol. The second-order valence-corrected chi connectivity index (χ2v) is 6.55. The van der Waals surface area contributed by atoms with E-state index in [1.807, 2.05) is 0 Å². The van der Waals surface area contributed by atoms with Gasteiger partial charge in [0.2, 0.25) is 0 Å². The third kappa shape index (κ3) is 4.96. The van der Waals surface area contributed by atoms with Crippen molar-refractivity contribution in [2.24, 2.45) is 0 Å². The van der Waals surface area contributed by atoms with Gasteiger partial charge in [-0.15, -0.1) is 0 Å². The maximum atomic E-state index is 12.5. The second kappa shape index (κ2) is 8.12. The van der Waals surface area contributed by atoms with Gasteiger partial charge in [0.1, 0.15) is 0 Å². The number of anilines is 1. The first-order valence-electron chi connectivity index (χ1n) is 8.63. The molecule has 0 saturated heterocycles. The topological polar surface area (TPSA) is 71.5 Å². The number of aliphatic hydroxyl groups is 1. The maximum absolute atomic E-state index is 12.5. The number of nitrogens with zero attached hydrogens (tertiary/aromatic N) is 1. The molecule has 1 atom stereocenters. The molecular weight excluding hydrogens is 373 g/mol. The van der Waals surface area contributed by atoms with Gasteiger partial charge in [0.25, 0.3) is 5.91 Å². The summed E-state index contributed by atoms with van der Waals surface area (Å²) in [5.41, 5.74) is 3.43. The molecule has 2 N–H and O–H groups in total. The highest BCUT2D eigenvalue weighted by atomic mass is 19.4. The Kier molecular flexibility index (Phi) is 5.81. The number of rotatable bonds is 4. The van der Waals surface area contributed by atoms with Gasteiger partial charge < -0.3 is 15.2 Å². The van der Waals surface area contributed by atoms with Gasteiger partial charge in [-0.25, -0.2) is 0 Å². The van der Waals surface area contributed by atoms with Crippen LogP contribution in [-0.4, -0.2) is 34.9 Å². The fourth-order valence-corrected chi connectivity index (χ4v) is 2.95. The standard InChI is InChI=1S/C20H19F3N2O3/c1-12-6-13(4-5-20(21,22)23)2-3-17(12)19(27)25-15-7-14-11-28-16(10-26)8-18(14)24-9-15/h2-7,9,16,26H,8,10-11H2,1H3,(H,25,27). The van der Waals surface area contributed by atoms with E-state index in [1.165, 1.54) is 24.4 Å². The third-order valence-corrected chi connectivity index (χ3v) is 4.38. The van der Waals surface area contributed by atoms with Gasteiger partial charge in [0, 0.05) is 29.3 Å². The Morgan fingerprint density at radius 1 is 1.39 bits per heavy atom. The number of halogens is 3. The first-order valence-corrected chi connectivity index (χ1v) is 8.63. The highest BCUT2D eigenvalue weighted by molar-refractivity contribution is 6.05. The minimum Gasteiger partial charge on any atom is -0.394 e. The lowest BCUT2D eigenvalue weighted by Gasteiger charge is -2.23. The van der Waals surface area contributed by atoms with Crippen LogP contribution >= 0.6 is 0 Å². The van der Waals surface area contributed by atoms with Crippen molar-refractivity contribution in [2.75, 3.05) is 11.9 Å². The highest BCUT2D eigenvalue weighted by Crippen LogP contribution is 2.23. The zero-order valence-corrected chi connectivity index (χ0v) is 15.1. The van der Waals surface area contributed by atoms with E-state index in [9.17, 15) is 18.0 Å². The van der Waals surface area contributed by atoms with Gasteiger partial charge in [-0.3, -0.25) is 9.78 Å². The van der Waals surface area contributed by atoms with E-state index in [1.54, 1.807) is 13.0 Å². The van der Waals surface area contributed by atoms with E-state index in [-0.39, 0.29) is 24.7 Å². The van der Waals surface area contributed by atoms with Gasteiger partial charge >= 0.3 is 6.18 Å². The number of fused-ring (bicyclic) bond motifs is 1. The van der Waals surface area contributed by atoms with Gasteiger partial charge in [-0.2, -0.15) is 13.2 Å². The maximum Gasteiger partial charge on any atom is 0.409 e. The van der Waals surface area contributed by atoms with Crippen LogP contribution < -0.4 is 5.32 Å². The SMILES string of the molecule is Cc1cc(C=CC(F)(F)F)ccc1C(=O)Nc1cnc2c(c1)COC(CO)C2. The Bertz CT molecular complexity index is 910. The number of hydrogen-bond acceptors (Lipinski definition) is 4. The van der Waals surface area contributed by atoms with Crippen LogP contribution in [0.15, 0.2) is 36.5 Å². The average molecular weight is 392 g/mol. The van der Waals surface area contributed by atoms with Crippen LogP contribution in [-0.2, 0) is 17.8 Å². The number of hydrogen-bond donors (Lipinski definition) is 2. The molecule has 0 spiro atoms. The molecule has 8 heteroatoms. The number of amides is 1. The lowest BCUT2D eigenvalue weighted by molar-refractivity contribution is -0.0790. The first-order chi connectivity index (χ1) is 13.2. The lowest BCUT2D eigenvalue weighted by Crippen LogP contribution is -2.26. The summed E-state index contributed by atoms with van der Waals surface area (Å²) in [6.07, 6.45) is -1.50. The number of alkyl halides is 3. The summed E-state index contributed by atoms with van der Waals surface area (Å²) in [5.74, 6) is -0.379. The molecule has 0 saturated carbocycles. The zero-order chi connectivity index (χ0) is 20.3. The fourth-order valence-electron chi connectivity index (χ4n) is 2.95. The number of pyridine rings is 1. The molecule has 1 aliphatic heterocycles. The summed E-state index contributed by atoms with van der Waals surface area (Å²) in [7, 11) is 0. The van der Waals surface area contributed by atoms with Crippen LogP contribution in [0.4, 0.5) is 18.9 Å². The van der Waals surface area contributed by atoms with Crippen LogP contribution in [0.5, 0.6) is 0 Å². The summed E-state index contributed by atoms with van der Waals surface area (Å²) in [6.45, 7) is 1.89. The summed E-state index contributed by atoms with van der Waals surface area (Å²) in [4.78, 5) is 16.9. The molecule has 28 heavy (non-hydrogen) atoms. The third-order valence-electron chi connectivity index (χ3n) is 4.38. The normalized spacial score (nSPS) is 16.8. The fraction of sp³-hybridized carbons (Fsp3) is 0.300. The second-order valence-electron chi connectivity index (χ2n) is 6.55. The molecule has 1 aliphatic rings. The number of ether oxygens (including phenoxy) is 1. The Morgan fingerprint density at radius 3 is 2.86 bits per heavy atom. The van der Waals surface area contributed by atoms with E-state index in [2.05, 4.69) is 10.3 Å². The number of aryl methyl sites for hydroxylation is 1. The molecule has 2 heterocycles. The molecule has 1 unspecified atom stereocenters. The van der Waals surface area contributed by atoms with Crippen molar-refractivity contribution in [3.05, 3.63) is 64.5 Å². The molecule has 1 aromatic heterocycles. The number of aromatic nitrogens is 1. The summed E-state index contributed by atoms with van der Waals surface area (Å²) >= 11 is 0. The van der Waals surface area contributed by atoms with Crippen LogP contribution in [0.25, 0.3) is 6.08 Å². The van der Waals surface area contributed by atoms with E-state index < -0.39 is 6.18 Å². The molecule has 3 rings (SSSR count). The van der Waals surface area contributed by atoms with Crippen LogP contribution in [0, 0.1) is 6.92 Å². The van der Waals surface area contributed by atoms with Crippen LogP contribution in [0.1, 0.15) is 32.7 Å². The Hall–Kier alpha value is -2.71. The highest BCUT2D eigenvalue weighted by Gasteiger charge is 2.22. The Labute approximate surface area is 159 Å². The summed E-state index contributed by atoms with van der Waals surface area (Å²) in [6, 6.07) is 6.23. The predicted molar refractivity (Wildman–Crippen MR) is 97.8 cm³/mol.